The van der Waals surface area contributed by atoms with Crippen molar-refractivity contribution < 1.29 is 50.6 Å². The van der Waals surface area contributed by atoms with Crippen molar-refractivity contribution in [3.8, 4) is 6.07 Å². The predicted octanol–water partition coefficient (Wildman–Crippen LogP) is 4.32. The van der Waals surface area contributed by atoms with Crippen LogP contribution in [0.15, 0.2) is 23.6 Å². The molecule has 6 atom stereocenters. The van der Waals surface area contributed by atoms with Gasteiger partial charge >= 0.3 is 15.6 Å². The number of hydrogen-bond acceptors (Lipinski definition) is 17. The van der Waals surface area contributed by atoms with Gasteiger partial charge < -0.3 is 18.6 Å². The normalized spacial score (nSPS) is 26.7. The van der Waals surface area contributed by atoms with Crippen LogP contribution in [0.1, 0.15) is 59.5 Å². The maximum atomic E-state index is 14.1. The number of nitriles is 1. The Hall–Kier alpha value is -3.78. The van der Waals surface area contributed by atoms with E-state index in [2.05, 4.69) is 35.2 Å². The first-order chi connectivity index (χ1) is 26.8. The number of phosphoric acid groups is 2. The molecule has 6 heterocycles. The van der Waals surface area contributed by atoms with Crippen LogP contribution in [-0.2, 0) is 58.9 Å². The molecule has 0 spiro atoms. The van der Waals surface area contributed by atoms with E-state index < -0.39 is 84.1 Å². The molecule has 2 aliphatic rings. The van der Waals surface area contributed by atoms with E-state index in [-0.39, 0.29) is 55.5 Å². The molecular weight excluding hydrogens is 806 g/mol. The third-order valence-electron chi connectivity index (χ3n) is 9.73. The molecule has 310 valence electrons. The van der Waals surface area contributed by atoms with E-state index in [1.807, 2.05) is 39.9 Å². The van der Waals surface area contributed by atoms with Crippen LogP contribution in [0, 0.1) is 17.2 Å². The minimum absolute atomic E-state index is 0.0766. The van der Waals surface area contributed by atoms with Crippen molar-refractivity contribution >= 4 is 58.1 Å². The summed E-state index contributed by atoms with van der Waals surface area (Å²) >= 11 is 0. The first-order valence-corrected chi connectivity index (χ1v) is 24.0. The van der Waals surface area contributed by atoms with Crippen molar-refractivity contribution in [3.63, 3.8) is 0 Å². The summed E-state index contributed by atoms with van der Waals surface area (Å²) in [6, 6.07) is 1.93. The fourth-order valence-corrected chi connectivity index (χ4v) is 9.15. The fraction of sp³-hybridized carbons (Fsp3) is 0.625. The number of aryl methyl sites for hydroxylation is 1. The van der Waals surface area contributed by atoms with Crippen molar-refractivity contribution in [1.82, 2.24) is 39.0 Å². The maximum absolute atomic E-state index is 14.1. The minimum Gasteiger partial charge on any atom is -0.408 e. The van der Waals surface area contributed by atoms with Crippen molar-refractivity contribution in [2.24, 2.45) is 5.92 Å². The summed E-state index contributed by atoms with van der Waals surface area (Å²) in [6.07, 6.45) is -1.20. The molecule has 1 saturated heterocycles. The summed E-state index contributed by atoms with van der Waals surface area (Å²) in [5.74, 6) is -0.850. The van der Waals surface area contributed by atoms with Crippen LogP contribution in [0.2, 0.25) is 18.1 Å². The smallest absolute Gasteiger partial charge is 0.408 e. The molecule has 1 fully saturated rings. The average molecular weight is 853 g/mol. The standard InChI is InChI=1S/C32H46N10O12P2Si/c1-19(2)28(43)39-31-38-27-23(29(44)40-31)36-18-42(27)30-25-24(54-57(6,7)32(3,4)5)21(52-30)15-51-56(47,48-12-8-10-33)49-13-9-11-41-22(16-50-55(45,46)53-25)37-20-14-34-17-35-26(20)41/h14,17-19,21,24-25,30H,8-9,11-13,15-16H2,1-7H3,(H,45,46)(H2,38,39,40,43,44)/t21-,24-,25-,30-,56?/m1/s1. The Balaban J connectivity index is 1.47. The summed E-state index contributed by atoms with van der Waals surface area (Å²) < 4.78 is 73.2. The summed E-state index contributed by atoms with van der Waals surface area (Å²) in [7, 11) is -12.3. The van der Waals surface area contributed by atoms with Gasteiger partial charge in [-0.1, -0.05) is 34.6 Å². The number of fused-ring (bicyclic) bond motifs is 6. The molecule has 3 N–H and O–H groups in total. The SMILES string of the molecule is CC(C)C(=O)Nc1nc2c(ncn2[C@@H]2O[C@@H]3COP(=O)(OCCC#N)OCCCn4c(nc5cncnc54)COP(=O)(O)O[C@@H]2[C@@H]3O[Si](C)(C)C(C)(C)C)c(=O)[nH]1. The number of rotatable bonds is 8. The van der Waals surface area contributed by atoms with Crippen LogP contribution in [0.25, 0.3) is 22.3 Å². The summed E-state index contributed by atoms with van der Waals surface area (Å²) in [5, 5.41) is 11.3. The Morgan fingerprint density at radius 3 is 2.68 bits per heavy atom. The number of H-pyrrole nitrogens is 1. The number of carbonyl (C=O) groups excluding carboxylic acids is 1. The number of aromatic amines is 1. The largest absolute Gasteiger partial charge is 0.474 e. The Kier molecular flexibility index (Phi) is 12.6. The number of ether oxygens (including phenoxy) is 1. The second-order valence-electron chi connectivity index (χ2n) is 15.2. The van der Waals surface area contributed by atoms with Crippen LogP contribution in [0.4, 0.5) is 5.95 Å². The molecule has 6 rings (SSSR count). The highest BCUT2D eigenvalue weighted by Gasteiger charge is 2.55. The summed E-state index contributed by atoms with van der Waals surface area (Å²) in [5.41, 5.74) is -0.132. The molecule has 2 bridgehead atoms. The molecule has 0 aliphatic carbocycles. The highest BCUT2D eigenvalue weighted by atomic mass is 31.2. The van der Waals surface area contributed by atoms with Crippen LogP contribution in [0.3, 0.4) is 0 Å². The molecule has 0 radical (unpaired) electrons. The zero-order chi connectivity index (χ0) is 41.3. The third kappa shape index (κ3) is 9.58. The van der Waals surface area contributed by atoms with E-state index in [1.54, 1.807) is 18.4 Å². The lowest BCUT2D eigenvalue weighted by Crippen LogP contribution is -2.50. The van der Waals surface area contributed by atoms with Gasteiger partial charge in [-0.3, -0.25) is 47.1 Å². The van der Waals surface area contributed by atoms with Crippen molar-refractivity contribution in [1.29, 1.82) is 5.26 Å². The quantitative estimate of drug-likeness (QED) is 0.126. The number of phosphoric ester groups is 2. The Labute approximate surface area is 327 Å². The van der Waals surface area contributed by atoms with E-state index in [9.17, 15) is 23.6 Å². The average Bonchev–Trinajstić information content (AvgIpc) is 3.81. The minimum atomic E-state index is -5.05. The van der Waals surface area contributed by atoms with Gasteiger partial charge in [-0.15, -0.1) is 0 Å². The molecule has 4 aromatic rings. The van der Waals surface area contributed by atoms with Crippen molar-refractivity contribution in [2.75, 3.05) is 25.1 Å². The molecule has 0 saturated carbocycles. The zero-order valence-corrected chi connectivity index (χ0v) is 35.3. The molecule has 2 aliphatic heterocycles. The Morgan fingerprint density at radius 2 is 1.96 bits per heavy atom. The molecule has 0 aromatic carbocycles. The van der Waals surface area contributed by atoms with Gasteiger partial charge in [-0.05, 0) is 24.6 Å². The van der Waals surface area contributed by atoms with Gasteiger partial charge in [0, 0.05) is 12.5 Å². The highest BCUT2D eigenvalue weighted by Crippen LogP contribution is 2.54. The lowest BCUT2D eigenvalue weighted by atomic mass is 10.1. The van der Waals surface area contributed by atoms with E-state index >= 15 is 0 Å². The molecule has 4 aromatic heterocycles. The predicted molar refractivity (Wildman–Crippen MR) is 203 cm³/mol. The van der Waals surface area contributed by atoms with E-state index in [0.29, 0.717) is 11.2 Å². The van der Waals surface area contributed by atoms with Crippen LogP contribution >= 0.6 is 15.6 Å². The number of nitrogens with one attached hydrogen (secondary N) is 2. The first kappa shape index (κ1) is 42.8. The van der Waals surface area contributed by atoms with Gasteiger partial charge in [0.25, 0.3) is 5.56 Å². The monoisotopic (exact) mass is 852 g/mol. The second kappa shape index (κ2) is 16.8. The summed E-state index contributed by atoms with van der Waals surface area (Å²) in [6.45, 7) is 11.9. The van der Waals surface area contributed by atoms with E-state index in [0.717, 1.165) is 0 Å². The van der Waals surface area contributed by atoms with Gasteiger partial charge in [-0.25, -0.2) is 29.1 Å². The lowest BCUT2D eigenvalue weighted by Gasteiger charge is -2.40. The second-order valence-corrected chi connectivity index (χ2v) is 23.0. The molecular formula is C32H46N10O12P2Si. The number of carbonyl (C=O) groups is 1. The maximum Gasteiger partial charge on any atom is 0.474 e. The molecule has 1 amide bonds. The third-order valence-corrected chi connectivity index (χ3v) is 16.6. The van der Waals surface area contributed by atoms with E-state index in [1.165, 1.54) is 23.4 Å². The number of amides is 1. The van der Waals surface area contributed by atoms with Gasteiger partial charge in [0.2, 0.25) is 11.9 Å². The van der Waals surface area contributed by atoms with Gasteiger partial charge in [0.15, 0.2) is 31.4 Å². The highest BCUT2D eigenvalue weighted by molar-refractivity contribution is 7.48. The van der Waals surface area contributed by atoms with E-state index in [4.69, 9.17) is 37.0 Å². The van der Waals surface area contributed by atoms with Crippen molar-refractivity contribution in [2.45, 2.75) is 103 Å². The first-order valence-electron chi connectivity index (χ1n) is 18.1. The Morgan fingerprint density at radius 1 is 1.19 bits per heavy atom. The lowest BCUT2D eigenvalue weighted by molar-refractivity contribution is -0.118. The van der Waals surface area contributed by atoms with Gasteiger partial charge in [0.05, 0.1) is 44.8 Å². The van der Waals surface area contributed by atoms with Crippen molar-refractivity contribution in [3.05, 3.63) is 35.0 Å². The van der Waals surface area contributed by atoms with Crippen LogP contribution in [-0.4, -0.2) is 96.3 Å². The number of hydrogen-bond donors (Lipinski definition) is 3. The number of imidazole rings is 2. The fourth-order valence-electron chi connectivity index (χ4n) is 5.74. The molecule has 2 unspecified atom stereocenters. The number of anilines is 1. The van der Waals surface area contributed by atoms with Crippen LogP contribution in [0.5, 0.6) is 0 Å². The topological polar surface area (TPSA) is 279 Å². The van der Waals surface area contributed by atoms with Crippen LogP contribution < -0.4 is 10.9 Å². The molecule has 57 heavy (non-hydrogen) atoms. The zero-order valence-electron chi connectivity index (χ0n) is 32.5. The Bertz CT molecular complexity index is 2300. The molecule has 25 heteroatoms. The van der Waals surface area contributed by atoms with Gasteiger partial charge in [0.1, 0.15) is 42.6 Å². The van der Waals surface area contributed by atoms with Gasteiger partial charge in [-0.2, -0.15) is 10.2 Å². The molecule has 22 nitrogen and oxygen atoms in total. The number of aromatic nitrogens is 8. The summed E-state index contributed by atoms with van der Waals surface area (Å²) in [4.78, 5) is 61.1. The number of nitrogens with zero attached hydrogens (tertiary/aromatic N) is 8.